The molecule has 1 unspecified atom stereocenters. The molecule has 0 bridgehead atoms. The first-order valence-electron chi connectivity index (χ1n) is 11.3. The van der Waals surface area contributed by atoms with Crippen LogP contribution >= 0.6 is 0 Å². The predicted molar refractivity (Wildman–Crippen MR) is 123 cm³/mol. The van der Waals surface area contributed by atoms with E-state index in [-0.39, 0.29) is 0 Å². The molecule has 2 aliphatic rings. The third kappa shape index (κ3) is 4.71. The number of nitrogens with zero attached hydrogens (tertiary/aromatic N) is 5. The lowest BCUT2D eigenvalue weighted by atomic mass is 10.0. The Bertz CT molecular complexity index is 990. The number of hydrogen-bond donors (Lipinski definition) is 0. The van der Waals surface area contributed by atoms with Gasteiger partial charge in [-0.05, 0) is 30.2 Å². The largest absolute Gasteiger partial charge is 0.339 e. The van der Waals surface area contributed by atoms with E-state index in [2.05, 4.69) is 80.4 Å². The van der Waals surface area contributed by atoms with Crippen LogP contribution in [0.1, 0.15) is 17.9 Å². The highest BCUT2D eigenvalue weighted by molar-refractivity contribution is 5.67. The fraction of sp³-hybridized carbons (Fsp3) is 0.440. The van der Waals surface area contributed by atoms with Crippen LogP contribution in [0.15, 0.2) is 53.1 Å². The summed E-state index contributed by atoms with van der Waals surface area (Å²) < 4.78 is 5.08. The third-order valence-corrected chi connectivity index (χ3v) is 6.67. The Balaban J connectivity index is 1.18. The molecule has 0 spiro atoms. The van der Waals surface area contributed by atoms with Gasteiger partial charge in [0.25, 0.3) is 0 Å². The van der Waals surface area contributed by atoms with Crippen LogP contribution in [0.4, 0.5) is 0 Å². The van der Waals surface area contributed by atoms with Gasteiger partial charge in [-0.25, -0.2) is 0 Å². The summed E-state index contributed by atoms with van der Waals surface area (Å²) in [4.78, 5) is 12.0. The molecule has 1 aromatic heterocycles. The van der Waals surface area contributed by atoms with Crippen LogP contribution in [0, 0.1) is 6.92 Å². The van der Waals surface area contributed by atoms with E-state index in [0.717, 1.165) is 18.2 Å². The Morgan fingerprint density at radius 1 is 0.871 bits per heavy atom. The molecule has 5 rings (SSSR count). The molecule has 0 N–H and O–H groups in total. The minimum absolute atomic E-state index is 0.586. The molecule has 2 saturated heterocycles. The van der Waals surface area contributed by atoms with Crippen LogP contribution < -0.4 is 0 Å². The van der Waals surface area contributed by atoms with Gasteiger partial charge in [-0.3, -0.25) is 9.80 Å². The van der Waals surface area contributed by atoms with Crippen LogP contribution in [0.25, 0.3) is 22.5 Å². The van der Waals surface area contributed by atoms with Gasteiger partial charge in [-0.2, -0.15) is 4.98 Å². The number of hydrogen-bond acceptors (Lipinski definition) is 6. The second-order valence-electron chi connectivity index (χ2n) is 8.93. The molecule has 0 aliphatic carbocycles. The van der Waals surface area contributed by atoms with E-state index in [1.165, 1.54) is 62.4 Å². The standard InChI is InChI=1S/C25H31N5O/c1-19-26-25(27-31-19)23-9-7-22(8-10-23)21-5-3-20(4-6-21)17-29-12-11-24(18-29)30-15-13-28(2)14-16-30/h3-10,24H,11-18H2,1-2H3. The van der Waals surface area contributed by atoms with E-state index < -0.39 is 0 Å². The van der Waals surface area contributed by atoms with E-state index in [0.29, 0.717) is 11.7 Å². The fourth-order valence-electron chi connectivity index (χ4n) is 4.73. The second kappa shape index (κ2) is 8.91. The Kier molecular flexibility index (Phi) is 5.85. The summed E-state index contributed by atoms with van der Waals surface area (Å²) >= 11 is 0. The molecule has 2 aromatic carbocycles. The number of likely N-dealkylation sites (N-methyl/N-ethyl adjacent to an activating group) is 1. The first-order valence-corrected chi connectivity index (χ1v) is 11.3. The van der Waals surface area contributed by atoms with E-state index in [1.54, 1.807) is 6.92 Å². The second-order valence-corrected chi connectivity index (χ2v) is 8.93. The summed E-state index contributed by atoms with van der Waals surface area (Å²) in [5.74, 6) is 1.22. The van der Waals surface area contributed by atoms with Crippen molar-refractivity contribution in [2.75, 3.05) is 46.3 Å². The minimum atomic E-state index is 0.586. The highest BCUT2D eigenvalue weighted by atomic mass is 16.5. The maximum absolute atomic E-state index is 5.08. The van der Waals surface area contributed by atoms with Crippen LogP contribution in [-0.4, -0.2) is 77.2 Å². The van der Waals surface area contributed by atoms with Gasteiger partial charge in [0.1, 0.15) is 0 Å². The van der Waals surface area contributed by atoms with Crippen molar-refractivity contribution in [3.05, 3.63) is 60.0 Å². The molecule has 31 heavy (non-hydrogen) atoms. The van der Waals surface area contributed by atoms with Gasteiger partial charge in [0.15, 0.2) is 0 Å². The highest BCUT2D eigenvalue weighted by Gasteiger charge is 2.29. The lowest BCUT2D eigenvalue weighted by Crippen LogP contribution is -2.49. The lowest BCUT2D eigenvalue weighted by molar-refractivity contribution is 0.112. The van der Waals surface area contributed by atoms with Crippen molar-refractivity contribution in [3.63, 3.8) is 0 Å². The smallest absolute Gasteiger partial charge is 0.223 e. The topological polar surface area (TPSA) is 48.6 Å². The van der Waals surface area contributed by atoms with Crippen molar-refractivity contribution in [1.82, 2.24) is 24.8 Å². The molecular weight excluding hydrogens is 386 g/mol. The Hall–Kier alpha value is -2.54. The first kappa shape index (κ1) is 20.4. The molecule has 1 atom stereocenters. The molecular formula is C25H31N5O. The van der Waals surface area contributed by atoms with Crippen LogP contribution in [0.3, 0.4) is 0 Å². The molecule has 2 fully saturated rings. The summed E-state index contributed by atoms with van der Waals surface area (Å²) in [6.45, 7) is 10.1. The molecule has 3 heterocycles. The minimum Gasteiger partial charge on any atom is -0.339 e. The van der Waals surface area contributed by atoms with E-state index in [1.807, 2.05) is 0 Å². The average molecular weight is 418 g/mol. The monoisotopic (exact) mass is 417 g/mol. The lowest BCUT2D eigenvalue weighted by Gasteiger charge is -2.36. The third-order valence-electron chi connectivity index (χ3n) is 6.67. The zero-order valence-electron chi connectivity index (χ0n) is 18.5. The van der Waals surface area contributed by atoms with Crippen molar-refractivity contribution in [2.45, 2.75) is 25.9 Å². The van der Waals surface area contributed by atoms with Crippen molar-refractivity contribution in [2.24, 2.45) is 0 Å². The average Bonchev–Trinajstić information content (AvgIpc) is 3.44. The Morgan fingerprint density at radius 2 is 1.52 bits per heavy atom. The van der Waals surface area contributed by atoms with Crippen LogP contribution in [-0.2, 0) is 6.54 Å². The van der Waals surface area contributed by atoms with Crippen molar-refractivity contribution >= 4 is 0 Å². The molecule has 0 radical (unpaired) electrons. The van der Waals surface area contributed by atoms with Crippen molar-refractivity contribution in [3.8, 4) is 22.5 Å². The predicted octanol–water partition coefficient (Wildman–Crippen LogP) is 3.53. The SMILES string of the molecule is Cc1nc(-c2ccc(-c3ccc(CN4CCC(N5CCN(C)CC5)C4)cc3)cc2)no1. The Labute approximate surface area is 184 Å². The molecule has 3 aromatic rings. The fourth-order valence-corrected chi connectivity index (χ4v) is 4.73. The van der Waals surface area contributed by atoms with Gasteiger partial charge in [0.05, 0.1) is 0 Å². The number of aromatic nitrogens is 2. The number of benzene rings is 2. The van der Waals surface area contributed by atoms with E-state index >= 15 is 0 Å². The Morgan fingerprint density at radius 3 is 2.16 bits per heavy atom. The van der Waals surface area contributed by atoms with Crippen molar-refractivity contribution in [1.29, 1.82) is 0 Å². The first-order chi connectivity index (χ1) is 15.1. The van der Waals surface area contributed by atoms with E-state index in [9.17, 15) is 0 Å². The van der Waals surface area contributed by atoms with Gasteiger partial charge in [-0.1, -0.05) is 53.7 Å². The summed E-state index contributed by atoms with van der Waals surface area (Å²) in [5.41, 5.74) is 4.80. The molecule has 0 saturated carbocycles. The summed E-state index contributed by atoms with van der Waals surface area (Å²) in [6.07, 6.45) is 1.30. The van der Waals surface area contributed by atoms with Gasteiger partial charge in [0, 0.05) is 64.3 Å². The molecule has 6 nitrogen and oxygen atoms in total. The normalized spacial score (nSPS) is 21.0. The molecule has 6 heteroatoms. The zero-order valence-corrected chi connectivity index (χ0v) is 18.5. The van der Waals surface area contributed by atoms with Gasteiger partial charge in [0.2, 0.25) is 11.7 Å². The van der Waals surface area contributed by atoms with Gasteiger partial charge < -0.3 is 9.42 Å². The van der Waals surface area contributed by atoms with Gasteiger partial charge >= 0.3 is 0 Å². The number of aryl methyl sites for hydroxylation is 1. The molecule has 2 aliphatic heterocycles. The molecule has 162 valence electrons. The quantitative estimate of drug-likeness (QED) is 0.633. The molecule has 0 amide bonds. The summed E-state index contributed by atoms with van der Waals surface area (Å²) in [6, 6.07) is 18.1. The van der Waals surface area contributed by atoms with Crippen LogP contribution in [0.2, 0.25) is 0 Å². The van der Waals surface area contributed by atoms with Crippen molar-refractivity contribution < 1.29 is 4.52 Å². The van der Waals surface area contributed by atoms with Crippen LogP contribution in [0.5, 0.6) is 0 Å². The van der Waals surface area contributed by atoms with Gasteiger partial charge in [-0.15, -0.1) is 0 Å². The van der Waals surface area contributed by atoms with E-state index in [4.69, 9.17) is 4.52 Å². The number of likely N-dealkylation sites (tertiary alicyclic amines) is 1. The highest BCUT2D eigenvalue weighted by Crippen LogP contribution is 2.25. The summed E-state index contributed by atoms with van der Waals surface area (Å²) in [5, 5.41) is 3.99. The maximum atomic E-state index is 5.08. The summed E-state index contributed by atoms with van der Waals surface area (Å²) in [7, 11) is 2.23. The number of piperazine rings is 1. The maximum Gasteiger partial charge on any atom is 0.223 e. The number of rotatable bonds is 5. The zero-order chi connectivity index (χ0) is 21.2.